The van der Waals surface area contributed by atoms with Gasteiger partial charge in [-0.3, -0.25) is 10.2 Å². The number of hydrogen-bond donors (Lipinski definition) is 1. The van der Waals surface area contributed by atoms with Crippen LogP contribution in [0.25, 0.3) is 0 Å². The van der Waals surface area contributed by atoms with Crippen LogP contribution < -0.4 is 4.80 Å². The molecule has 0 bridgehead atoms. The number of nitrogens with zero attached hydrogens (tertiary/aromatic N) is 2. The Morgan fingerprint density at radius 1 is 1.71 bits per heavy atom. The monoisotopic (exact) mass is 211 g/mol. The van der Waals surface area contributed by atoms with Crippen molar-refractivity contribution in [1.82, 2.24) is 9.78 Å². The van der Waals surface area contributed by atoms with Crippen LogP contribution in [0.3, 0.4) is 0 Å². The van der Waals surface area contributed by atoms with Gasteiger partial charge in [0.05, 0.1) is 0 Å². The van der Waals surface area contributed by atoms with Crippen LogP contribution in [-0.2, 0) is 11.3 Å². The summed E-state index contributed by atoms with van der Waals surface area (Å²) in [5, 5.41) is 12.4. The van der Waals surface area contributed by atoms with Crippen LogP contribution in [0.5, 0.6) is 0 Å². The van der Waals surface area contributed by atoms with Crippen molar-refractivity contribution in [3.63, 3.8) is 0 Å². The van der Waals surface area contributed by atoms with E-state index in [0.717, 1.165) is 5.01 Å². The molecule has 0 radical (unpaired) electrons. The molecule has 1 N–H and O–H groups in total. The number of ketones is 1. The van der Waals surface area contributed by atoms with Gasteiger partial charge in [0.2, 0.25) is 4.80 Å². The molecule has 1 rings (SSSR count). The number of rotatable bonds is 3. The predicted octanol–water partition coefficient (Wildman–Crippen LogP) is 1.27. The molecule has 1 heterocycles. The van der Waals surface area contributed by atoms with E-state index in [0.29, 0.717) is 10.4 Å². The summed E-state index contributed by atoms with van der Waals surface area (Å²) in [5.74, 6) is 0.0105. The fourth-order valence-corrected chi connectivity index (χ4v) is 1.59. The van der Waals surface area contributed by atoms with Crippen LogP contribution in [0.2, 0.25) is 0 Å². The lowest BCUT2D eigenvalue weighted by atomic mass is 10.2. The Labute approximate surface area is 86.4 Å². The molecule has 1 aromatic rings. The lowest BCUT2D eigenvalue weighted by Gasteiger charge is -1.99. The van der Waals surface area contributed by atoms with E-state index < -0.39 is 0 Å². The van der Waals surface area contributed by atoms with Gasteiger partial charge in [-0.15, -0.1) is 0 Å². The minimum Gasteiger partial charge on any atom is -0.292 e. The van der Waals surface area contributed by atoms with E-state index in [-0.39, 0.29) is 12.3 Å². The van der Waals surface area contributed by atoms with Gasteiger partial charge in [-0.1, -0.05) is 17.4 Å². The van der Waals surface area contributed by atoms with Crippen molar-refractivity contribution in [3.8, 4) is 0 Å². The zero-order valence-electron chi connectivity index (χ0n) is 8.50. The second kappa shape index (κ2) is 4.32. The molecule has 0 saturated heterocycles. The van der Waals surface area contributed by atoms with Gasteiger partial charge in [0.1, 0.15) is 11.6 Å². The third-order valence-corrected chi connectivity index (χ3v) is 2.69. The first-order valence-electron chi connectivity index (χ1n) is 4.30. The Hall–Kier alpha value is -1.23. The summed E-state index contributed by atoms with van der Waals surface area (Å²) in [6.45, 7) is 5.59. The SMILES string of the molecule is C/C=C(/C)C(=O)Cn1nc(C)sc1=N. The lowest BCUT2D eigenvalue weighted by Crippen LogP contribution is -2.21. The van der Waals surface area contributed by atoms with Gasteiger partial charge in [-0.2, -0.15) is 5.10 Å². The summed E-state index contributed by atoms with van der Waals surface area (Å²) in [5.41, 5.74) is 0.711. The minimum absolute atomic E-state index is 0.0105. The normalized spacial score (nSPS) is 11.8. The highest BCUT2D eigenvalue weighted by molar-refractivity contribution is 7.08. The average Bonchev–Trinajstić information content (AvgIpc) is 2.44. The molecule has 0 saturated carbocycles. The third-order valence-electron chi connectivity index (χ3n) is 1.91. The molecular formula is C9H13N3OS. The summed E-state index contributed by atoms with van der Waals surface area (Å²) >= 11 is 1.28. The molecule has 4 nitrogen and oxygen atoms in total. The fraction of sp³-hybridized carbons (Fsp3) is 0.444. The topological polar surface area (TPSA) is 58.7 Å². The van der Waals surface area contributed by atoms with Crippen LogP contribution in [0.1, 0.15) is 18.9 Å². The predicted molar refractivity (Wildman–Crippen MR) is 55.1 cm³/mol. The van der Waals surface area contributed by atoms with Crippen molar-refractivity contribution in [3.05, 3.63) is 21.5 Å². The fourth-order valence-electron chi connectivity index (χ4n) is 0.957. The molecule has 0 aliphatic carbocycles. The molecule has 0 spiro atoms. The molecule has 5 heteroatoms. The summed E-state index contributed by atoms with van der Waals surface area (Å²) in [6, 6.07) is 0. The number of nitrogens with one attached hydrogen (secondary N) is 1. The van der Waals surface area contributed by atoms with Crippen LogP contribution in [0.15, 0.2) is 11.6 Å². The summed E-state index contributed by atoms with van der Waals surface area (Å²) < 4.78 is 1.43. The van der Waals surface area contributed by atoms with E-state index in [2.05, 4.69) is 5.10 Å². The van der Waals surface area contributed by atoms with E-state index in [1.807, 2.05) is 13.8 Å². The Kier molecular flexibility index (Phi) is 3.35. The Balaban J connectivity index is 2.85. The molecule has 76 valence electrons. The molecule has 0 aliphatic rings. The summed E-state index contributed by atoms with van der Waals surface area (Å²) in [6.07, 6.45) is 1.77. The van der Waals surface area contributed by atoms with E-state index in [4.69, 9.17) is 5.41 Å². The van der Waals surface area contributed by atoms with Gasteiger partial charge in [0, 0.05) is 0 Å². The summed E-state index contributed by atoms with van der Waals surface area (Å²) in [7, 11) is 0. The second-order valence-corrected chi connectivity index (χ2v) is 4.16. The van der Waals surface area contributed by atoms with Crippen molar-refractivity contribution in [2.75, 3.05) is 0 Å². The van der Waals surface area contributed by atoms with Crippen molar-refractivity contribution in [1.29, 1.82) is 5.41 Å². The molecule has 0 aromatic carbocycles. The largest absolute Gasteiger partial charge is 0.292 e. The smallest absolute Gasteiger partial charge is 0.200 e. The zero-order valence-corrected chi connectivity index (χ0v) is 9.31. The van der Waals surface area contributed by atoms with E-state index >= 15 is 0 Å². The van der Waals surface area contributed by atoms with Crippen LogP contribution in [0, 0.1) is 12.3 Å². The highest BCUT2D eigenvalue weighted by Crippen LogP contribution is 1.99. The first-order chi connectivity index (χ1) is 6.54. The number of hydrogen-bond acceptors (Lipinski definition) is 4. The Bertz CT molecular complexity index is 428. The molecule has 0 amide bonds. The van der Waals surface area contributed by atoms with Crippen LogP contribution in [0.4, 0.5) is 0 Å². The first-order valence-corrected chi connectivity index (χ1v) is 5.11. The standard InChI is InChI=1S/C9H13N3OS/c1-4-6(2)8(13)5-12-9(10)14-7(3)11-12/h4,10H,5H2,1-3H3/b6-4-,10-9?. The number of carbonyl (C=O) groups is 1. The van der Waals surface area contributed by atoms with Crippen molar-refractivity contribution < 1.29 is 4.79 Å². The molecule has 0 aliphatic heterocycles. The number of carbonyl (C=O) groups excluding carboxylic acids is 1. The van der Waals surface area contributed by atoms with Gasteiger partial charge < -0.3 is 0 Å². The number of allylic oxidation sites excluding steroid dienone is 2. The lowest BCUT2D eigenvalue weighted by molar-refractivity contribution is -0.116. The van der Waals surface area contributed by atoms with Crippen LogP contribution in [-0.4, -0.2) is 15.6 Å². The highest BCUT2D eigenvalue weighted by atomic mass is 32.1. The minimum atomic E-state index is 0.0105. The third kappa shape index (κ3) is 2.38. The number of aryl methyl sites for hydroxylation is 1. The van der Waals surface area contributed by atoms with Gasteiger partial charge in [-0.05, 0) is 26.3 Å². The molecule has 14 heavy (non-hydrogen) atoms. The Morgan fingerprint density at radius 2 is 2.36 bits per heavy atom. The van der Waals surface area contributed by atoms with E-state index in [9.17, 15) is 4.79 Å². The van der Waals surface area contributed by atoms with Crippen molar-refractivity contribution >= 4 is 17.1 Å². The van der Waals surface area contributed by atoms with Gasteiger partial charge in [-0.25, -0.2) is 4.68 Å². The maximum absolute atomic E-state index is 11.5. The highest BCUT2D eigenvalue weighted by Gasteiger charge is 2.07. The van der Waals surface area contributed by atoms with Gasteiger partial charge >= 0.3 is 0 Å². The average molecular weight is 211 g/mol. The zero-order chi connectivity index (χ0) is 10.7. The van der Waals surface area contributed by atoms with E-state index in [1.165, 1.54) is 16.0 Å². The molecule has 0 fully saturated rings. The molecular weight excluding hydrogens is 198 g/mol. The van der Waals surface area contributed by atoms with Gasteiger partial charge in [0.25, 0.3) is 0 Å². The van der Waals surface area contributed by atoms with Crippen LogP contribution >= 0.6 is 11.3 Å². The maximum atomic E-state index is 11.5. The maximum Gasteiger partial charge on any atom is 0.200 e. The summed E-state index contributed by atoms with van der Waals surface area (Å²) in [4.78, 5) is 11.8. The number of aromatic nitrogens is 2. The quantitative estimate of drug-likeness (QED) is 0.765. The second-order valence-electron chi connectivity index (χ2n) is 2.98. The molecule has 1 aromatic heterocycles. The molecule has 0 atom stereocenters. The van der Waals surface area contributed by atoms with Crippen molar-refractivity contribution in [2.24, 2.45) is 0 Å². The van der Waals surface area contributed by atoms with E-state index in [1.54, 1.807) is 13.0 Å². The number of Topliss-reactive ketones (excluding diaryl/α,β-unsaturated/α-hetero) is 1. The first kappa shape index (κ1) is 10.8. The van der Waals surface area contributed by atoms with Gasteiger partial charge in [0.15, 0.2) is 5.78 Å². The Morgan fingerprint density at radius 3 is 2.79 bits per heavy atom. The van der Waals surface area contributed by atoms with Crippen molar-refractivity contribution in [2.45, 2.75) is 27.3 Å². The molecule has 0 unspecified atom stereocenters.